The summed E-state index contributed by atoms with van der Waals surface area (Å²) >= 11 is 1.68. The topological polar surface area (TPSA) is 50.2 Å². The Balaban J connectivity index is 2.10. The molecule has 1 heterocycles. The molecule has 2 rings (SSSR count). The Morgan fingerprint density at radius 2 is 2.35 bits per heavy atom. The van der Waals surface area contributed by atoms with Gasteiger partial charge in [0, 0.05) is 16.3 Å². The first kappa shape index (κ1) is 12.4. The molecule has 0 aliphatic heterocycles. The van der Waals surface area contributed by atoms with Crippen molar-refractivity contribution in [3.8, 4) is 0 Å². The molecule has 1 fully saturated rings. The molecule has 2 atom stereocenters. The van der Waals surface area contributed by atoms with Gasteiger partial charge in [-0.1, -0.05) is 19.8 Å². The van der Waals surface area contributed by atoms with E-state index in [2.05, 4.69) is 11.9 Å². The van der Waals surface area contributed by atoms with Crippen molar-refractivity contribution in [2.24, 2.45) is 5.92 Å². The van der Waals surface area contributed by atoms with Crippen molar-refractivity contribution < 1.29 is 9.90 Å². The van der Waals surface area contributed by atoms with E-state index in [4.69, 9.17) is 5.11 Å². The molecule has 1 aromatic rings. The van der Waals surface area contributed by atoms with Crippen LogP contribution >= 0.6 is 11.8 Å². The van der Waals surface area contributed by atoms with E-state index in [1.54, 1.807) is 17.8 Å². The third-order valence-electron chi connectivity index (χ3n) is 3.16. The number of carbonyl (C=O) groups is 1. The number of carboxylic acid groups (broad SMARTS) is 1. The quantitative estimate of drug-likeness (QED) is 0.894. The molecule has 1 aromatic heterocycles. The third kappa shape index (κ3) is 3.22. The maximum atomic E-state index is 11.1. The Morgan fingerprint density at radius 3 is 3.06 bits per heavy atom. The maximum absolute atomic E-state index is 11.1. The summed E-state index contributed by atoms with van der Waals surface area (Å²) in [5, 5.41) is 9.61. The molecular formula is C13H17NO2S. The van der Waals surface area contributed by atoms with Crippen molar-refractivity contribution in [3.63, 3.8) is 0 Å². The fourth-order valence-electron chi connectivity index (χ4n) is 2.31. The summed E-state index contributed by atoms with van der Waals surface area (Å²) in [5.74, 6) is -0.178. The average molecular weight is 251 g/mol. The summed E-state index contributed by atoms with van der Waals surface area (Å²) in [4.78, 5) is 15.8. The van der Waals surface area contributed by atoms with Gasteiger partial charge in [0.15, 0.2) is 5.69 Å². The Kier molecular flexibility index (Phi) is 4.05. The van der Waals surface area contributed by atoms with E-state index in [9.17, 15) is 4.79 Å². The van der Waals surface area contributed by atoms with Crippen LogP contribution in [0.5, 0.6) is 0 Å². The molecule has 0 bridgehead atoms. The summed E-state index contributed by atoms with van der Waals surface area (Å²) < 4.78 is 0. The molecule has 0 saturated heterocycles. The average Bonchev–Trinajstić information content (AvgIpc) is 2.29. The van der Waals surface area contributed by atoms with E-state index in [0.717, 1.165) is 10.8 Å². The standard InChI is InChI=1S/C13H17NO2S/c1-9-4-2-5-10(8-9)17-11-6-3-7-14-12(11)13(15)16/h3,6-7,9-10H,2,4-5,8H2,1H3,(H,15,16). The zero-order valence-electron chi connectivity index (χ0n) is 9.93. The minimum absolute atomic E-state index is 0.190. The summed E-state index contributed by atoms with van der Waals surface area (Å²) in [6, 6.07) is 3.67. The maximum Gasteiger partial charge on any atom is 0.355 e. The molecule has 1 aliphatic rings. The minimum Gasteiger partial charge on any atom is -0.476 e. The summed E-state index contributed by atoms with van der Waals surface area (Å²) in [6.45, 7) is 2.27. The number of aromatic carboxylic acids is 1. The summed E-state index contributed by atoms with van der Waals surface area (Å²) in [6.07, 6.45) is 6.45. The van der Waals surface area contributed by atoms with E-state index >= 15 is 0 Å². The molecule has 0 amide bonds. The van der Waals surface area contributed by atoms with Crippen LogP contribution in [-0.2, 0) is 0 Å². The second-order valence-corrected chi connectivity index (χ2v) is 6.01. The largest absolute Gasteiger partial charge is 0.476 e. The zero-order valence-corrected chi connectivity index (χ0v) is 10.7. The van der Waals surface area contributed by atoms with Crippen molar-refractivity contribution in [2.45, 2.75) is 42.8 Å². The Morgan fingerprint density at radius 1 is 1.53 bits per heavy atom. The van der Waals surface area contributed by atoms with Crippen LogP contribution in [0.4, 0.5) is 0 Å². The van der Waals surface area contributed by atoms with Gasteiger partial charge in [-0.2, -0.15) is 0 Å². The van der Waals surface area contributed by atoms with Gasteiger partial charge in [-0.3, -0.25) is 0 Å². The number of rotatable bonds is 3. The third-order valence-corrected chi connectivity index (χ3v) is 4.50. The molecular weight excluding hydrogens is 234 g/mol. The van der Waals surface area contributed by atoms with Crippen LogP contribution in [0, 0.1) is 5.92 Å². The molecule has 0 spiro atoms. The van der Waals surface area contributed by atoms with Crippen LogP contribution in [-0.4, -0.2) is 21.3 Å². The summed E-state index contributed by atoms with van der Waals surface area (Å²) in [7, 11) is 0. The van der Waals surface area contributed by atoms with Gasteiger partial charge in [0.1, 0.15) is 0 Å². The number of hydrogen-bond donors (Lipinski definition) is 1. The van der Waals surface area contributed by atoms with Crippen molar-refractivity contribution >= 4 is 17.7 Å². The van der Waals surface area contributed by atoms with Crippen LogP contribution in [0.3, 0.4) is 0 Å². The lowest BCUT2D eigenvalue weighted by atomic mass is 9.91. The molecule has 17 heavy (non-hydrogen) atoms. The fourth-order valence-corrected chi connectivity index (χ4v) is 3.79. The normalized spacial score (nSPS) is 24.5. The number of hydrogen-bond acceptors (Lipinski definition) is 3. The van der Waals surface area contributed by atoms with Crippen LogP contribution in [0.2, 0.25) is 0 Å². The molecule has 4 heteroatoms. The van der Waals surface area contributed by atoms with Crippen molar-refractivity contribution in [3.05, 3.63) is 24.0 Å². The Labute approximate surface area is 106 Å². The summed E-state index contributed by atoms with van der Waals surface area (Å²) in [5.41, 5.74) is 0.190. The highest BCUT2D eigenvalue weighted by Gasteiger charge is 2.22. The molecule has 1 saturated carbocycles. The highest BCUT2D eigenvalue weighted by atomic mass is 32.2. The predicted octanol–water partition coefficient (Wildman–Crippen LogP) is 3.45. The first-order valence-corrected chi connectivity index (χ1v) is 6.89. The van der Waals surface area contributed by atoms with E-state index in [1.807, 2.05) is 6.07 Å². The lowest BCUT2D eigenvalue weighted by Crippen LogP contribution is -2.15. The molecule has 3 nitrogen and oxygen atoms in total. The molecule has 1 N–H and O–H groups in total. The number of nitrogens with zero attached hydrogens (tertiary/aromatic N) is 1. The van der Waals surface area contributed by atoms with E-state index < -0.39 is 5.97 Å². The fraction of sp³-hybridized carbons (Fsp3) is 0.538. The first-order chi connectivity index (χ1) is 8.16. The lowest BCUT2D eigenvalue weighted by molar-refractivity contribution is 0.0686. The Hall–Kier alpha value is -1.03. The van der Waals surface area contributed by atoms with E-state index in [-0.39, 0.29) is 5.69 Å². The van der Waals surface area contributed by atoms with Crippen molar-refractivity contribution in [1.29, 1.82) is 0 Å². The second-order valence-electron chi connectivity index (χ2n) is 4.67. The van der Waals surface area contributed by atoms with Crippen LogP contribution in [0.25, 0.3) is 0 Å². The Bertz CT molecular complexity index is 408. The number of thioether (sulfide) groups is 1. The monoisotopic (exact) mass is 251 g/mol. The molecule has 1 aliphatic carbocycles. The predicted molar refractivity (Wildman–Crippen MR) is 68.5 cm³/mol. The first-order valence-electron chi connectivity index (χ1n) is 6.02. The van der Waals surface area contributed by atoms with Crippen molar-refractivity contribution in [1.82, 2.24) is 4.98 Å². The van der Waals surface area contributed by atoms with Crippen LogP contribution in [0.15, 0.2) is 23.2 Å². The van der Waals surface area contributed by atoms with Gasteiger partial charge in [0.25, 0.3) is 0 Å². The highest BCUT2D eigenvalue weighted by Crippen LogP contribution is 2.36. The van der Waals surface area contributed by atoms with Gasteiger partial charge in [0.05, 0.1) is 0 Å². The van der Waals surface area contributed by atoms with Gasteiger partial charge in [-0.05, 0) is 30.9 Å². The zero-order chi connectivity index (χ0) is 12.3. The van der Waals surface area contributed by atoms with Gasteiger partial charge >= 0.3 is 5.97 Å². The molecule has 2 unspecified atom stereocenters. The van der Waals surface area contributed by atoms with Crippen LogP contribution < -0.4 is 0 Å². The van der Waals surface area contributed by atoms with Crippen molar-refractivity contribution in [2.75, 3.05) is 0 Å². The van der Waals surface area contributed by atoms with Crippen LogP contribution in [0.1, 0.15) is 43.1 Å². The van der Waals surface area contributed by atoms with E-state index in [0.29, 0.717) is 5.25 Å². The number of pyridine rings is 1. The minimum atomic E-state index is -0.933. The van der Waals surface area contributed by atoms with Gasteiger partial charge < -0.3 is 5.11 Å². The van der Waals surface area contributed by atoms with E-state index in [1.165, 1.54) is 31.9 Å². The lowest BCUT2D eigenvalue weighted by Gasteiger charge is -2.26. The molecule has 92 valence electrons. The number of aromatic nitrogens is 1. The van der Waals surface area contributed by atoms with Gasteiger partial charge in [-0.15, -0.1) is 11.8 Å². The number of carboxylic acids is 1. The molecule has 0 radical (unpaired) electrons. The molecule has 0 aromatic carbocycles. The smallest absolute Gasteiger partial charge is 0.355 e. The van der Waals surface area contributed by atoms with Gasteiger partial charge in [-0.25, -0.2) is 9.78 Å². The second kappa shape index (κ2) is 5.54. The SMILES string of the molecule is CC1CCCC(Sc2cccnc2C(=O)O)C1. The highest BCUT2D eigenvalue weighted by molar-refractivity contribution is 8.00. The van der Waals surface area contributed by atoms with Gasteiger partial charge in [0.2, 0.25) is 0 Å².